The van der Waals surface area contributed by atoms with Crippen LogP contribution in [0.3, 0.4) is 0 Å². The second kappa shape index (κ2) is 4.59. The van der Waals surface area contributed by atoms with Crippen LogP contribution in [0, 0.1) is 12.8 Å². The van der Waals surface area contributed by atoms with Crippen molar-refractivity contribution in [3.05, 3.63) is 17.5 Å². The molecule has 6 heteroatoms. The molecule has 1 heterocycles. The molecule has 1 aromatic heterocycles. The molecule has 0 bridgehead atoms. The van der Waals surface area contributed by atoms with Gasteiger partial charge in [0.2, 0.25) is 5.91 Å². The van der Waals surface area contributed by atoms with Gasteiger partial charge in [0.25, 0.3) is 0 Å². The Bertz CT molecular complexity index is 372. The number of aryl methyl sites for hydroxylation is 1. The summed E-state index contributed by atoms with van der Waals surface area (Å²) in [6.45, 7) is 3.23. The van der Waals surface area contributed by atoms with Gasteiger partial charge in [-0.15, -0.1) is 0 Å². The van der Waals surface area contributed by atoms with Crippen LogP contribution in [0.1, 0.15) is 18.4 Å². The summed E-state index contributed by atoms with van der Waals surface area (Å²) >= 11 is 0. The van der Waals surface area contributed by atoms with Crippen molar-refractivity contribution < 1.29 is 19.2 Å². The molecule has 1 unspecified atom stereocenters. The monoisotopic (exact) mass is 212 g/mol. The van der Waals surface area contributed by atoms with E-state index in [9.17, 15) is 9.59 Å². The van der Waals surface area contributed by atoms with E-state index in [4.69, 9.17) is 9.63 Å². The number of rotatable bonds is 4. The molecular formula is C9H12N2O4. The van der Waals surface area contributed by atoms with Crippen molar-refractivity contribution in [3.8, 4) is 0 Å². The van der Waals surface area contributed by atoms with Crippen molar-refractivity contribution >= 4 is 11.9 Å². The molecule has 0 aromatic carbocycles. The van der Waals surface area contributed by atoms with Gasteiger partial charge in [-0.3, -0.25) is 9.59 Å². The van der Waals surface area contributed by atoms with Gasteiger partial charge in [0.05, 0.1) is 6.54 Å². The zero-order valence-electron chi connectivity index (χ0n) is 8.48. The van der Waals surface area contributed by atoms with Crippen LogP contribution >= 0.6 is 0 Å². The number of carboxylic acid groups (broad SMARTS) is 1. The maximum absolute atomic E-state index is 11.2. The van der Waals surface area contributed by atoms with Gasteiger partial charge in [-0.2, -0.15) is 0 Å². The number of nitrogens with zero attached hydrogens (tertiary/aromatic N) is 1. The van der Waals surface area contributed by atoms with Crippen molar-refractivity contribution in [1.29, 1.82) is 0 Å². The molecule has 1 atom stereocenters. The van der Waals surface area contributed by atoms with Crippen molar-refractivity contribution in [2.75, 3.05) is 0 Å². The average molecular weight is 212 g/mol. The Balaban J connectivity index is 2.44. The number of nitrogens with one attached hydrogen (secondary N) is 1. The molecule has 15 heavy (non-hydrogen) atoms. The number of aliphatic carboxylic acids is 1. The van der Waals surface area contributed by atoms with Gasteiger partial charge >= 0.3 is 5.97 Å². The van der Waals surface area contributed by atoms with Crippen LogP contribution in [0.5, 0.6) is 0 Å². The average Bonchev–Trinajstić information content (AvgIpc) is 2.59. The summed E-state index contributed by atoms with van der Waals surface area (Å²) < 4.78 is 4.79. The lowest BCUT2D eigenvalue weighted by molar-refractivity contribution is -0.146. The summed E-state index contributed by atoms with van der Waals surface area (Å²) in [6.07, 6.45) is 0. The highest BCUT2D eigenvalue weighted by Gasteiger charge is 2.20. The quantitative estimate of drug-likeness (QED) is 0.701. The summed E-state index contributed by atoms with van der Waals surface area (Å²) in [5, 5.41) is 14.7. The van der Waals surface area contributed by atoms with Gasteiger partial charge in [-0.1, -0.05) is 5.16 Å². The Morgan fingerprint density at radius 2 is 2.33 bits per heavy atom. The van der Waals surface area contributed by atoms with Crippen molar-refractivity contribution in [1.82, 2.24) is 10.5 Å². The minimum atomic E-state index is -1.15. The van der Waals surface area contributed by atoms with Crippen molar-refractivity contribution in [3.63, 3.8) is 0 Å². The van der Waals surface area contributed by atoms with E-state index in [0.29, 0.717) is 11.5 Å². The predicted octanol–water partition coefficient (Wildman–Crippen LogP) is 0.320. The highest BCUT2D eigenvalue weighted by Crippen LogP contribution is 2.01. The second-order valence-electron chi connectivity index (χ2n) is 3.21. The minimum Gasteiger partial charge on any atom is -0.481 e. The van der Waals surface area contributed by atoms with Crippen LogP contribution < -0.4 is 5.32 Å². The maximum Gasteiger partial charge on any atom is 0.315 e. The van der Waals surface area contributed by atoms with Gasteiger partial charge in [0.15, 0.2) is 0 Å². The zero-order chi connectivity index (χ0) is 11.4. The van der Waals surface area contributed by atoms with E-state index in [-0.39, 0.29) is 6.54 Å². The van der Waals surface area contributed by atoms with Gasteiger partial charge in [-0.05, 0) is 13.8 Å². The normalized spacial score (nSPS) is 12.1. The third kappa shape index (κ3) is 3.08. The zero-order valence-corrected chi connectivity index (χ0v) is 8.48. The van der Waals surface area contributed by atoms with Gasteiger partial charge in [0, 0.05) is 6.07 Å². The predicted molar refractivity (Wildman–Crippen MR) is 49.9 cm³/mol. The van der Waals surface area contributed by atoms with Gasteiger partial charge < -0.3 is 14.9 Å². The van der Waals surface area contributed by atoms with E-state index in [1.807, 2.05) is 0 Å². The van der Waals surface area contributed by atoms with Crippen LogP contribution in [0.15, 0.2) is 10.6 Å². The first-order valence-corrected chi connectivity index (χ1v) is 4.43. The van der Waals surface area contributed by atoms with E-state index in [0.717, 1.165) is 0 Å². The van der Waals surface area contributed by atoms with E-state index < -0.39 is 17.8 Å². The summed E-state index contributed by atoms with van der Waals surface area (Å²) in [7, 11) is 0. The van der Waals surface area contributed by atoms with Gasteiger partial charge in [-0.25, -0.2) is 0 Å². The Morgan fingerprint density at radius 3 is 2.80 bits per heavy atom. The van der Waals surface area contributed by atoms with Crippen LogP contribution in [0.25, 0.3) is 0 Å². The lowest BCUT2D eigenvalue weighted by atomic mass is 10.2. The van der Waals surface area contributed by atoms with Crippen molar-refractivity contribution in [2.24, 2.45) is 5.92 Å². The first-order chi connectivity index (χ1) is 7.00. The molecule has 0 aliphatic carbocycles. The Morgan fingerprint density at radius 1 is 1.67 bits per heavy atom. The number of carbonyl (C=O) groups is 2. The summed E-state index contributed by atoms with van der Waals surface area (Å²) in [4.78, 5) is 21.7. The number of hydrogen-bond acceptors (Lipinski definition) is 4. The highest BCUT2D eigenvalue weighted by molar-refractivity contribution is 5.96. The molecule has 2 N–H and O–H groups in total. The lowest BCUT2D eigenvalue weighted by Gasteiger charge is -2.05. The van der Waals surface area contributed by atoms with E-state index in [1.165, 1.54) is 6.92 Å². The number of aromatic nitrogens is 1. The third-order valence-electron chi connectivity index (χ3n) is 1.88. The van der Waals surface area contributed by atoms with E-state index >= 15 is 0 Å². The van der Waals surface area contributed by atoms with Crippen molar-refractivity contribution in [2.45, 2.75) is 20.4 Å². The molecule has 1 aromatic rings. The second-order valence-corrected chi connectivity index (χ2v) is 3.21. The first kappa shape index (κ1) is 11.2. The number of amides is 1. The number of carbonyl (C=O) groups excluding carboxylic acids is 1. The molecule has 0 saturated carbocycles. The van der Waals surface area contributed by atoms with E-state index in [1.54, 1.807) is 13.0 Å². The SMILES string of the molecule is Cc1cc(CNC(=O)C(C)C(=O)O)no1. The highest BCUT2D eigenvalue weighted by atomic mass is 16.5. The molecule has 6 nitrogen and oxygen atoms in total. The van der Waals surface area contributed by atoms with Crippen LogP contribution in [0.2, 0.25) is 0 Å². The largest absolute Gasteiger partial charge is 0.481 e. The Kier molecular flexibility index (Phi) is 3.43. The molecule has 0 radical (unpaired) electrons. The van der Waals surface area contributed by atoms with Crippen LogP contribution in [-0.2, 0) is 16.1 Å². The third-order valence-corrected chi connectivity index (χ3v) is 1.88. The smallest absolute Gasteiger partial charge is 0.315 e. The van der Waals surface area contributed by atoms with Gasteiger partial charge in [0.1, 0.15) is 17.4 Å². The molecule has 1 rings (SSSR count). The number of carboxylic acids is 1. The van der Waals surface area contributed by atoms with Crippen LogP contribution in [-0.4, -0.2) is 22.1 Å². The fraction of sp³-hybridized carbons (Fsp3) is 0.444. The first-order valence-electron chi connectivity index (χ1n) is 4.43. The lowest BCUT2D eigenvalue weighted by Crippen LogP contribution is -2.33. The fourth-order valence-electron chi connectivity index (χ4n) is 0.944. The molecule has 82 valence electrons. The topological polar surface area (TPSA) is 92.4 Å². The van der Waals surface area contributed by atoms with E-state index in [2.05, 4.69) is 10.5 Å². The van der Waals surface area contributed by atoms with Crippen LogP contribution in [0.4, 0.5) is 0 Å². The summed E-state index contributed by atoms with van der Waals surface area (Å²) in [6, 6.07) is 1.67. The molecule has 0 fully saturated rings. The Hall–Kier alpha value is -1.85. The number of hydrogen-bond donors (Lipinski definition) is 2. The molecule has 0 spiro atoms. The molecule has 0 aliphatic rings. The fourth-order valence-corrected chi connectivity index (χ4v) is 0.944. The molecule has 0 aliphatic heterocycles. The molecule has 0 saturated heterocycles. The maximum atomic E-state index is 11.2. The standard InChI is InChI=1S/C9H12N2O4/c1-5-3-7(11-15-5)4-10-8(12)6(2)9(13)14/h3,6H,4H2,1-2H3,(H,10,12)(H,13,14). The Labute approximate surface area is 86.3 Å². The molecular weight excluding hydrogens is 200 g/mol. The summed E-state index contributed by atoms with van der Waals surface area (Å²) in [5.41, 5.74) is 0.568. The minimum absolute atomic E-state index is 0.174. The summed E-state index contributed by atoms with van der Waals surface area (Å²) in [5.74, 6) is -2.10. The molecule has 1 amide bonds.